The van der Waals surface area contributed by atoms with Gasteiger partial charge >= 0.3 is 6.18 Å². The van der Waals surface area contributed by atoms with Gasteiger partial charge in [0, 0.05) is 13.1 Å². The van der Waals surface area contributed by atoms with E-state index in [1.165, 1.54) is 0 Å². The summed E-state index contributed by atoms with van der Waals surface area (Å²) in [6.45, 7) is 1.69. The first-order valence-electron chi connectivity index (χ1n) is 5.96. The Kier molecular flexibility index (Phi) is 3.45. The lowest BCUT2D eigenvalue weighted by atomic mass is 9.79. The Morgan fingerprint density at radius 2 is 1.50 bits per heavy atom. The van der Waals surface area contributed by atoms with Gasteiger partial charge in [-0.25, -0.2) is 0 Å². The largest absolute Gasteiger partial charge is 0.406 e. The van der Waals surface area contributed by atoms with Crippen molar-refractivity contribution in [2.24, 2.45) is 0 Å². The van der Waals surface area contributed by atoms with Gasteiger partial charge in [0.05, 0.1) is 13.2 Å². The van der Waals surface area contributed by atoms with Gasteiger partial charge in [-0.15, -0.1) is 0 Å². The van der Waals surface area contributed by atoms with Crippen molar-refractivity contribution in [2.75, 3.05) is 26.3 Å². The van der Waals surface area contributed by atoms with Gasteiger partial charge in [0.25, 0.3) is 0 Å². The summed E-state index contributed by atoms with van der Waals surface area (Å²) in [5.74, 6) is 0. The van der Waals surface area contributed by atoms with Gasteiger partial charge in [-0.2, -0.15) is 13.2 Å². The molecule has 1 heterocycles. The number of nitrogens with zero attached hydrogens (tertiary/aromatic N) is 1. The first kappa shape index (κ1) is 12.2. The number of ether oxygens (including phenoxy) is 1. The standard InChI is InChI=1S/C11H18F3NO/c12-11(13,14)10(4-2-1-3-5-10)15-6-8-16-9-7-15/h1-9H2. The summed E-state index contributed by atoms with van der Waals surface area (Å²) >= 11 is 0. The third-order valence-electron chi connectivity index (χ3n) is 3.82. The Balaban J connectivity index is 2.18. The van der Waals surface area contributed by atoms with Gasteiger partial charge in [0.2, 0.25) is 0 Å². The summed E-state index contributed by atoms with van der Waals surface area (Å²) in [6.07, 6.45) is -1.27. The minimum atomic E-state index is -4.11. The fraction of sp³-hybridized carbons (Fsp3) is 1.00. The molecule has 1 aliphatic carbocycles. The second kappa shape index (κ2) is 4.53. The Hall–Kier alpha value is -0.290. The minimum Gasteiger partial charge on any atom is -0.379 e. The van der Waals surface area contributed by atoms with Crippen molar-refractivity contribution >= 4 is 0 Å². The van der Waals surface area contributed by atoms with E-state index in [-0.39, 0.29) is 12.8 Å². The van der Waals surface area contributed by atoms with Gasteiger partial charge in [-0.3, -0.25) is 4.90 Å². The fourth-order valence-corrected chi connectivity index (χ4v) is 2.91. The van der Waals surface area contributed by atoms with E-state index in [0.29, 0.717) is 39.1 Å². The molecule has 0 bridgehead atoms. The zero-order valence-corrected chi connectivity index (χ0v) is 9.35. The van der Waals surface area contributed by atoms with E-state index in [1.807, 2.05) is 0 Å². The van der Waals surface area contributed by atoms with Gasteiger partial charge in [0.15, 0.2) is 0 Å². The summed E-state index contributed by atoms with van der Waals surface area (Å²) in [6, 6.07) is 0. The minimum absolute atomic E-state index is 0.260. The number of alkyl halides is 3. The molecule has 0 unspecified atom stereocenters. The summed E-state index contributed by atoms with van der Waals surface area (Å²) < 4.78 is 45.0. The van der Waals surface area contributed by atoms with Gasteiger partial charge in [-0.05, 0) is 12.8 Å². The van der Waals surface area contributed by atoms with Crippen LogP contribution in [0.1, 0.15) is 32.1 Å². The summed E-state index contributed by atoms with van der Waals surface area (Å²) in [4.78, 5) is 1.61. The van der Waals surface area contributed by atoms with Crippen LogP contribution in [0.5, 0.6) is 0 Å². The SMILES string of the molecule is FC(F)(F)C1(N2CCOCC2)CCCCC1. The average Bonchev–Trinajstić information content (AvgIpc) is 2.30. The van der Waals surface area contributed by atoms with Crippen LogP contribution in [0.4, 0.5) is 13.2 Å². The maximum absolute atomic E-state index is 13.3. The Morgan fingerprint density at radius 1 is 0.938 bits per heavy atom. The number of halogens is 3. The molecule has 0 radical (unpaired) electrons. The monoisotopic (exact) mass is 237 g/mol. The molecule has 1 saturated carbocycles. The first-order valence-corrected chi connectivity index (χ1v) is 5.96. The molecule has 2 aliphatic rings. The summed E-state index contributed by atoms with van der Waals surface area (Å²) in [5, 5.41) is 0. The van der Waals surface area contributed by atoms with Crippen molar-refractivity contribution in [3.05, 3.63) is 0 Å². The molecule has 1 aliphatic heterocycles. The number of hydrogen-bond acceptors (Lipinski definition) is 2. The predicted octanol–water partition coefficient (Wildman–Crippen LogP) is 2.58. The predicted molar refractivity (Wildman–Crippen MR) is 54.3 cm³/mol. The van der Waals surface area contributed by atoms with E-state index in [2.05, 4.69) is 0 Å². The highest BCUT2D eigenvalue weighted by molar-refractivity contribution is 4.99. The van der Waals surface area contributed by atoms with Crippen molar-refractivity contribution in [3.8, 4) is 0 Å². The molecule has 1 saturated heterocycles. The number of rotatable bonds is 1. The maximum Gasteiger partial charge on any atom is 0.406 e. The third-order valence-corrected chi connectivity index (χ3v) is 3.82. The molecule has 0 spiro atoms. The lowest BCUT2D eigenvalue weighted by Gasteiger charge is -2.48. The molecular formula is C11H18F3NO. The second-order valence-electron chi connectivity index (χ2n) is 4.69. The lowest BCUT2D eigenvalue weighted by Crippen LogP contribution is -2.62. The van der Waals surface area contributed by atoms with E-state index >= 15 is 0 Å². The van der Waals surface area contributed by atoms with Crippen LogP contribution < -0.4 is 0 Å². The molecule has 0 aromatic carbocycles. The van der Waals surface area contributed by atoms with Crippen LogP contribution in [-0.2, 0) is 4.74 Å². The van der Waals surface area contributed by atoms with Crippen LogP contribution >= 0.6 is 0 Å². The van der Waals surface area contributed by atoms with E-state index < -0.39 is 11.7 Å². The van der Waals surface area contributed by atoms with Crippen LogP contribution in [0.2, 0.25) is 0 Å². The van der Waals surface area contributed by atoms with Crippen molar-refractivity contribution in [1.82, 2.24) is 4.90 Å². The second-order valence-corrected chi connectivity index (χ2v) is 4.69. The van der Waals surface area contributed by atoms with Crippen LogP contribution in [0.15, 0.2) is 0 Å². The molecule has 2 fully saturated rings. The van der Waals surface area contributed by atoms with Crippen LogP contribution in [0.3, 0.4) is 0 Å². The molecule has 2 nitrogen and oxygen atoms in total. The van der Waals surface area contributed by atoms with Crippen LogP contribution in [-0.4, -0.2) is 42.9 Å². The maximum atomic E-state index is 13.3. The summed E-state index contributed by atoms with van der Waals surface area (Å²) in [7, 11) is 0. The molecule has 0 amide bonds. The number of hydrogen-bond donors (Lipinski definition) is 0. The molecular weight excluding hydrogens is 219 g/mol. The van der Waals surface area contributed by atoms with Crippen molar-refractivity contribution in [2.45, 2.75) is 43.8 Å². The molecule has 0 atom stereocenters. The van der Waals surface area contributed by atoms with Gasteiger partial charge in [0.1, 0.15) is 5.54 Å². The molecule has 2 rings (SSSR count). The van der Waals surface area contributed by atoms with E-state index in [9.17, 15) is 13.2 Å². The quantitative estimate of drug-likeness (QED) is 0.695. The van der Waals surface area contributed by atoms with Crippen molar-refractivity contribution in [3.63, 3.8) is 0 Å². The topological polar surface area (TPSA) is 12.5 Å². The normalized spacial score (nSPS) is 27.9. The third kappa shape index (κ3) is 2.07. The van der Waals surface area contributed by atoms with Gasteiger partial charge in [-0.1, -0.05) is 19.3 Å². The molecule has 0 aromatic rings. The fourth-order valence-electron chi connectivity index (χ4n) is 2.91. The zero-order chi connectivity index (χ0) is 11.6. The Morgan fingerprint density at radius 3 is 2.00 bits per heavy atom. The Bertz CT molecular complexity index is 230. The van der Waals surface area contributed by atoms with E-state index in [4.69, 9.17) is 4.74 Å². The van der Waals surface area contributed by atoms with Crippen molar-refractivity contribution < 1.29 is 17.9 Å². The molecule has 0 aromatic heterocycles. The van der Waals surface area contributed by atoms with Crippen molar-refractivity contribution in [1.29, 1.82) is 0 Å². The van der Waals surface area contributed by atoms with Gasteiger partial charge < -0.3 is 4.74 Å². The molecule has 0 N–H and O–H groups in total. The van der Waals surface area contributed by atoms with Crippen LogP contribution in [0, 0.1) is 0 Å². The smallest absolute Gasteiger partial charge is 0.379 e. The molecule has 16 heavy (non-hydrogen) atoms. The number of morpholine rings is 1. The average molecular weight is 237 g/mol. The van der Waals surface area contributed by atoms with E-state index in [0.717, 1.165) is 6.42 Å². The lowest BCUT2D eigenvalue weighted by molar-refractivity contribution is -0.250. The summed E-state index contributed by atoms with van der Waals surface area (Å²) in [5.41, 5.74) is -1.56. The first-order chi connectivity index (χ1) is 7.56. The molecule has 5 heteroatoms. The highest BCUT2D eigenvalue weighted by Gasteiger charge is 2.58. The zero-order valence-electron chi connectivity index (χ0n) is 9.35. The molecule has 94 valence electrons. The highest BCUT2D eigenvalue weighted by Crippen LogP contribution is 2.46. The Labute approximate surface area is 93.7 Å². The van der Waals surface area contributed by atoms with Crippen LogP contribution in [0.25, 0.3) is 0 Å². The highest BCUT2D eigenvalue weighted by atomic mass is 19.4. The van der Waals surface area contributed by atoms with E-state index in [1.54, 1.807) is 4.90 Å².